The fraction of sp³-hybridized carbons (Fsp3) is 0.136. The summed E-state index contributed by atoms with van der Waals surface area (Å²) in [5.41, 5.74) is 6.55. The molecule has 27 heavy (non-hydrogen) atoms. The van der Waals surface area contributed by atoms with Crippen LogP contribution in [0.3, 0.4) is 0 Å². The van der Waals surface area contributed by atoms with E-state index in [4.69, 9.17) is 5.26 Å². The number of carbonyl (C=O) groups excluding carboxylic acids is 1. The van der Waals surface area contributed by atoms with E-state index >= 15 is 0 Å². The molecule has 3 aromatic rings. The van der Waals surface area contributed by atoms with Crippen molar-refractivity contribution >= 4 is 23.0 Å². The average molecular weight is 356 g/mol. The van der Waals surface area contributed by atoms with Crippen LogP contribution < -0.4 is 10.6 Å². The molecule has 1 aromatic heterocycles. The fourth-order valence-corrected chi connectivity index (χ4v) is 3.00. The first-order chi connectivity index (χ1) is 13.0. The van der Waals surface area contributed by atoms with Crippen molar-refractivity contribution in [2.24, 2.45) is 0 Å². The molecule has 2 aromatic carbocycles. The topological polar surface area (TPSA) is 77.8 Å². The molecule has 5 nitrogen and oxygen atoms in total. The van der Waals surface area contributed by atoms with E-state index in [2.05, 4.69) is 54.6 Å². The third-order valence-electron chi connectivity index (χ3n) is 4.24. The van der Waals surface area contributed by atoms with Crippen LogP contribution in [0.15, 0.2) is 54.7 Å². The Hall–Kier alpha value is -3.65. The molecule has 0 unspecified atom stereocenters. The van der Waals surface area contributed by atoms with Gasteiger partial charge in [-0.1, -0.05) is 29.8 Å². The number of rotatable bonds is 4. The Bertz CT molecular complexity index is 1010. The predicted octanol–water partition coefficient (Wildman–Crippen LogP) is 4.87. The van der Waals surface area contributed by atoms with Gasteiger partial charge in [-0.2, -0.15) is 5.26 Å². The molecule has 0 radical (unpaired) electrons. The Morgan fingerprint density at radius 1 is 1.04 bits per heavy atom. The number of anilines is 3. The molecule has 0 aliphatic rings. The summed E-state index contributed by atoms with van der Waals surface area (Å²) in [5.74, 6) is -0.355. The maximum absolute atomic E-state index is 12.4. The number of aryl methyl sites for hydroxylation is 3. The molecule has 0 bridgehead atoms. The van der Waals surface area contributed by atoms with E-state index in [1.165, 1.54) is 5.56 Å². The monoisotopic (exact) mass is 356 g/mol. The summed E-state index contributed by atoms with van der Waals surface area (Å²) < 4.78 is 0. The minimum absolute atomic E-state index is 0.283. The van der Waals surface area contributed by atoms with E-state index in [0.717, 1.165) is 22.5 Å². The number of nitriles is 1. The fourth-order valence-electron chi connectivity index (χ4n) is 3.00. The maximum Gasteiger partial charge on any atom is 0.274 e. The highest BCUT2D eigenvalue weighted by Crippen LogP contribution is 2.25. The van der Waals surface area contributed by atoms with Gasteiger partial charge in [0.2, 0.25) is 0 Å². The molecule has 0 saturated heterocycles. The van der Waals surface area contributed by atoms with Crippen molar-refractivity contribution in [1.29, 1.82) is 5.26 Å². The summed E-state index contributed by atoms with van der Waals surface area (Å²) in [6.45, 7) is 6.19. The lowest BCUT2D eigenvalue weighted by molar-refractivity contribution is 0.102. The number of nitrogens with zero attached hydrogens (tertiary/aromatic N) is 2. The first-order valence-electron chi connectivity index (χ1n) is 8.59. The van der Waals surface area contributed by atoms with Gasteiger partial charge >= 0.3 is 0 Å². The molecule has 1 amide bonds. The van der Waals surface area contributed by atoms with Crippen LogP contribution >= 0.6 is 0 Å². The summed E-state index contributed by atoms with van der Waals surface area (Å²) in [7, 11) is 0. The summed E-state index contributed by atoms with van der Waals surface area (Å²) in [5, 5.41) is 15.2. The van der Waals surface area contributed by atoms with Crippen LogP contribution in [0.2, 0.25) is 0 Å². The Balaban J connectivity index is 1.76. The van der Waals surface area contributed by atoms with Gasteiger partial charge in [-0.25, -0.2) is 4.98 Å². The molecule has 0 spiro atoms. The second kappa shape index (κ2) is 7.71. The summed E-state index contributed by atoms with van der Waals surface area (Å²) >= 11 is 0. The summed E-state index contributed by atoms with van der Waals surface area (Å²) in [4.78, 5) is 16.6. The number of carbonyl (C=O) groups is 1. The van der Waals surface area contributed by atoms with Gasteiger partial charge in [0.05, 0.1) is 23.1 Å². The first kappa shape index (κ1) is 18.2. The molecular weight excluding hydrogens is 336 g/mol. The second-order valence-electron chi connectivity index (χ2n) is 6.44. The van der Waals surface area contributed by atoms with Crippen LogP contribution in [0, 0.1) is 32.1 Å². The molecule has 0 aliphatic carbocycles. The zero-order valence-electron chi connectivity index (χ0n) is 15.5. The largest absolute Gasteiger partial charge is 0.354 e. The summed E-state index contributed by atoms with van der Waals surface area (Å²) in [6.07, 6.45) is 1.63. The molecule has 2 N–H and O–H groups in total. The molecule has 134 valence electrons. The van der Waals surface area contributed by atoms with Crippen LogP contribution in [0.25, 0.3) is 0 Å². The van der Waals surface area contributed by atoms with Crippen LogP contribution in [-0.2, 0) is 0 Å². The van der Waals surface area contributed by atoms with Crippen LogP contribution in [0.1, 0.15) is 32.7 Å². The van der Waals surface area contributed by atoms with E-state index in [0.29, 0.717) is 11.3 Å². The highest BCUT2D eigenvalue weighted by molar-refractivity contribution is 6.03. The van der Waals surface area contributed by atoms with E-state index in [1.54, 1.807) is 36.5 Å². The van der Waals surface area contributed by atoms with Gasteiger partial charge in [-0.15, -0.1) is 0 Å². The van der Waals surface area contributed by atoms with E-state index < -0.39 is 0 Å². The van der Waals surface area contributed by atoms with Crippen molar-refractivity contribution in [1.82, 2.24) is 4.98 Å². The lowest BCUT2D eigenvalue weighted by atomic mass is 10.0. The second-order valence-corrected chi connectivity index (χ2v) is 6.44. The Labute approximate surface area is 158 Å². The molecule has 0 fully saturated rings. The van der Waals surface area contributed by atoms with Gasteiger partial charge < -0.3 is 10.6 Å². The third-order valence-corrected chi connectivity index (χ3v) is 4.24. The van der Waals surface area contributed by atoms with Crippen molar-refractivity contribution in [2.45, 2.75) is 20.8 Å². The highest BCUT2D eigenvalue weighted by atomic mass is 16.1. The lowest BCUT2D eigenvalue weighted by Gasteiger charge is -2.14. The molecule has 1 heterocycles. The minimum Gasteiger partial charge on any atom is -0.354 e. The van der Waals surface area contributed by atoms with E-state index in [1.807, 2.05) is 6.07 Å². The predicted molar refractivity (Wildman–Crippen MR) is 107 cm³/mol. The number of hydrogen-bond donors (Lipinski definition) is 2. The highest BCUT2D eigenvalue weighted by Gasteiger charge is 2.11. The third kappa shape index (κ3) is 4.13. The average Bonchev–Trinajstić information content (AvgIpc) is 2.65. The standard InChI is InChI=1S/C22H20N4O/c1-14-10-15(2)21(16(3)11-14)25-18-8-9-20(24-13-18)22(27)26-19-7-5-4-6-17(19)12-23/h4-11,13,25H,1-3H3,(H,26,27). The van der Waals surface area contributed by atoms with Gasteiger partial charge in [-0.05, 0) is 56.2 Å². The molecular formula is C22H20N4O. The number of nitrogens with one attached hydrogen (secondary N) is 2. The molecule has 3 rings (SSSR count). The molecule has 0 saturated carbocycles. The van der Waals surface area contributed by atoms with Crippen molar-refractivity contribution in [3.63, 3.8) is 0 Å². The first-order valence-corrected chi connectivity index (χ1v) is 8.59. The number of pyridine rings is 1. The maximum atomic E-state index is 12.4. The smallest absolute Gasteiger partial charge is 0.274 e. The Morgan fingerprint density at radius 3 is 2.37 bits per heavy atom. The number of benzene rings is 2. The van der Waals surface area contributed by atoms with Gasteiger partial charge in [0, 0.05) is 5.69 Å². The van der Waals surface area contributed by atoms with Gasteiger partial charge in [0.25, 0.3) is 5.91 Å². The minimum atomic E-state index is -0.355. The number of aromatic nitrogens is 1. The zero-order valence-corrected chi connectivity index (χ0v) is 15.5. The molecule has 0 aliphatic heterocycles. The number of para-hydroxylation sites is 1. The van der Waals surface area contributed by atoms with Crippen LogP contribution in [0.4, 0.5) is 17.1 Å². The zero-order chi connectivity index (χ0) is 19.4. The van der Waals surface area contributed by atoms with E-state index in [9.17, 15) is 4.79 Å². The van der Waals surface area contributed by atoms with Crippen molar-refractivity contribution in [3.05, 3.63) is 82.7 Å². The molecule has 5 heteroatoms. The summed E-state index contributed by atoms with van der Waals surface area (Å²) in [6, 6.07) is 16.6. The van der Waals surface area contributed by atoms with Gasteiger partial charge in [0.1, 0.15) is 11.8 Å². The van der Waals surface area contributed by atoms with E-state index in [-0.39, 0.29) is 11.6 Å². The SMILES string of the molecule is Cc1cc(C)c(Nc2ccc(C(=O)Nc3ccccc3C#N)nc2)c(C)c1. The van der Waals surface area contributed by atoms with Crippen LogP contribution in [0.5, 0.6) is 0 Å². The van der Waals surface area contributed by atoms with Crippen molar-refractivity contribution in [3.8, 4) is 6.07 Å². The van der Waals surface area contributed by atoms with Crippen molar-refractivity contribution < 1.29 is 4.79 Å². The van der Waals surface area contributed by atoms with Crippen LogP contribution in [-0.4, -0.2) is 10.9 Å². The number of hydrogen-bond acceptors (Lipinski definition) is 4. The van der Waals surface area contributed by atoms with Gasteiger partial charge in [-0.3, -0.25) is 4.79 Å². The Kier molecular flexibility index (Phi) is 5.18. The normalized spacial score (nSPS) is 10.1. The van der Waals surface area contributed by atoms with Crippen molar-refractivity contribution in [2.75, 3.05) is 10.6 Å². The Morgan fingerprint density at radius 2 is 1.74 bits per heavy atom. The van der Waals surface area contributed by atoms with Gasteiger partial charge in [0.15, 0.2) is 0 Å². The lowest BCUT2D eigenvalue weighted by Crippen LogP contribution is -2.14. The number of amides is 1. The molecule has 0 atom stereocenters. The quantitative estimate of drug-likeness (QED) is 0.699.